The van der Waals surface area contributed by atoms with E-state index in [1.807, 2.05) is 12.1 Å². The van der Waals surface area contributed by atoms with Gasteiger partial charge in [-0.05, 0) is 30.9 Å². The first-order chi connectivity index (χ1) is 7.75. The lowest BCUT2D eigenvalue weighted by Gasteiger charge is -2.31. The predicted molar refractivity (Wildman–Crippen MR) is 59.2 cm³/mol. The van der Waals surface area contributed by atoms with Crippen molar-refractivity contribution in [2.24, 2.45) is 5.92 Å². The second-order valence-electron chi connectivity index (χ2n) is 4.11. The molecule has 1 aliphatic heterocycles. The van der Waals surface area contributed by atoms with Crippen molar-refractivity contribution in [2.75, 3.05) is 18.0 Å². The molecular formula is C11H15N3O2. The summed E-state index contributed by atoms with van der Waals surface area (Å²) in [4.78, 5) is 12.7. The van der Waals surface area contributed by atoms with E-state index in [4.69, 9.17) is 5.11 Å². The number of carboxylic acids is 1. The quantitative estimate of drug-likeness (QED) is 0.829. The first kappa shape index (κ1) is 10.9. The normalized spacial score (nSPS) is 17.4. The summed E-state index contributed by atoms with van der Waals surface area (Å²) in [5, 5.41) is 16.6. The Labute approximate surface area is 94.1 Å². The van der Waals surface area contributed by atoms with Gasteiger partial charge in [0.15, 0.2) is 5.82 Å². The summed E-state index contributed by atoms with van der Waals surface area (Å²) >= 11 is 0. The molecule has 1 aromatic rings. The number of rotatable bonds is 3. The van der Waals surface area contributed by atoms with Crippen LogP contribution in [0, 0.1) is 5.92 Å². The van der Waals surface area contributed by atoms with E-state index >= 15 is 0 Å². The first-order valence-corrected chi connectivity index (χ1v) is 5.50. The van der Waals surface area contributed by atoms with E-state index in [0.29, 0.717) is 5.92 Å². The highest BCUT2D eigenvalue weighted by molar-refractivity contribution is 5.67. The largest absolute Gasteiger partial charge is 0.481 e. The molecule has 0 radical (unpaired) electrons. The van der Waals surface area contributed by atoms with Crippen LogP contribution in [0.15, 0.2) is 18.3 Å². The Morgan fingerprint density at radius 3 is 2.81 bits per heavy atom. The highest BCUT2D eigenvalue weighted by Gasteiger charge is 2.21. The minimum atomic E-state index is -0.696. The lowest BCUT2D eigenvalue weighted by atomic mass is 9.94. The zero-order chi connectivity index (χ0) is 11.4. The molecule has 0 bridgehead atoms. The SMILES string of the molecule is O=C(O)CC1CCN(c2cccnn2)CC1. The molecule has 1 aliphatic rings. The summed E-state index contributed by atoms with van der Waals surface area (Å²) in [5.74, 6) is 0.500. The average Bonchev–Trinajstić information content (AvgIpc) is 2.30. The van der Waals surface area contributed by atoms with E-state index < -0.39 is 5.97 Å². The van der Waals surface area contributed by atoms with Gasteiger partial charge in [0.25, 0.3) is 0 Å². The van der Waals surface area contributed by atoms with Gasteiger partial charge in [-0.1, -0.05) is 0 Å². The minimum absolute atomic E-state index is 0.286. The number of hydrogen-bond donors (Lipinski definition) is 1. The van der Waals surface area contributed by atoms with Crippen LogP contribution in [0.1, 0.15) is 19.3 Å². The van der Waals surface area contributed by atoms with Crippen LogP contribution in [-0.2, 0) is 4.79 Å². The first-order valence-electron chi connectivity index (χ1n) is 5.50. The maximum Gasteiger partial charge on any atom is 0.303 e. The van der Waals surface area contributed by atoms with Gasteiger partial charge in [0, 0.05) is 25.7 Å². The molecule has 5 nitrogen and oxygen atoms in total. The second kappa shape index (κ2) is 4.92. The highest BCUT2D eigenvalue weighted by atomic mass is 16.4. The Hall–Kier alpha value is -1.65. The predicted octanol–water partition coefficient (Wildman–Crippen LogP) is 1.17. The molecule has 0 aromatic carbocycles. The summed E-state index contributed by atoms with van der Waals surface area (Å²) in [6.07, 6.45) is 3.78. The molecule has 2 rings (SSSR count). The Morgan fingerprint density at radius 1 is 1.50 bits per heavy atom. The lowest BCUT2D eigenvalue weighted by Crippen LogP contribution is -2.34. The second-order valence-corrected chi connectivity index (χ2v) is 4.11. The van der Waals surface area contributed by atoms with E-state index in [9.17, 15) is 4.79 Å². The number of nitrogens with zero attached hydrogens (tertiary/aromatic N) is 3. The van der Waals surface area contributed by atoms with E-state index in [1.165, 1.54) is 0 Å². The molecule has 0 amide bonds. The maximum absolute atomic E-state index is 10.6. The molecule has 0 spiro atoms. The molecule has 0 saturated carbocycles. The molecular weight excluding hydrogens is 206 g/mol. The highest BCUT2D eigenvalue weighted by Crippen LogP contribution is 2.23. The van der Waals surface area contributed by atoms with E-state index in [0.717, 1.165) is 31.7 Å². The van der Waals surface area contributed by atoms with Crippen LogP contribution in [0.4, 0.5) is 5.82 Å². The molecule has 0 atom stereocenters. The molecule has 0 aliphatic carbocycles. The van der Waals surface area contributed by atoms with Gasteiger partial charge in [0.05, 0.1) is 0 Å². The number of carboxylic acid groups (broad SMARTS) is 1. The summed E-state index contributed by atoms with van der Waals surface area (Å²) in [5.41, 5.74) is 0. The van der Waals surface area contributed by atoms with Gasteiger partial charge in [-0.15, -0.1) is 5.10 Å². The van der Waals surface area contributed by atoms with E-state index in [2.05, 4.69) is 15.1 Å². The zero-order valence-corrected chi connectivity index (χ0v) is 9.04. The third kappa shape index (κ3) is 2.68. The topological polar surface area (TPSA) is 66.3 Å². The molecule has 16 heavy (non-hydrogen) atoms. The fourth-order valence-corrected chi connectivity index (χ4v) is 2.08. The monoisotopic (exact) mass is 221 g/mol. The summed E-state index contributed by atoms with van der Waals surface area (Å²) in [6, 6.07) is 3.80. The Kier molecular flexibility index (Phi) is 3.34. The van der Waals surface area contributed by atoms with Crippen LogP contribution in [0.3, 0.4) is 0 Å². The molecule has 0 unspecified atom stereocenters. The van der Waals surface area contributed by atoms with Gasteiger partial charge in [-0.2, -0.15) is 5.10 Å². The number of anilines is 1. The number of aliphatic carboxylic acids is 1. The number of hydrogen-bond acceptors (Lipinski definition) is 4. The van der Waals surface area contributed by atoms with Crippen LogP contribution in [-0.4, -0.2) is 34.4 Å². The van der Waals surface area contributed by atoms with Crippen LogP contribution < -0.4 is 4.90 Å². The van der Waals surface area contributed by atoms with Gasteiger partial charge in [-0.25, -0.2) is 0 Å². The maximum atomic E-state index is 10.6. The molecule has 1 fully saturated rings. The summed E-state index contributed by atoms with van der Waals surface area (Å²) < 4.78 is 0. The molecule has 1 N–H and O–H groups in total. The van der Waals surface area contributed by atoms with E-state index in [1.54, 1.807) is 6.20 Å². The molecule has 5 heteroatoms. The third-order valence-corrected chi connectivity index (χ3v) is 2.96. The standard InChI is InChI=1S/C11H15N3O2/c15-11(16)8-9-3-6-14(7-4-9)10-2-1-5-12-13-10/h1-2,5,9H,3-4,6-8H2,(H,15,16). The van der Waals surface area contributed by atoms with Crippen molar-refractivity contribution < 1.29 is 9.90 Å². The Balaban J connectivity index is 1.88. The van der Waals surface area contributed by atoms with Crippen molar-refractivity contribution in [3.05, 3.63) is 18.3 Å². The van der Waals surface area contributed by atoms with Gasteiger partial charge in [0.2, 0.25) is 0 Å². The van der Waals surface area contributed by atoms with Crippen molar-refractivity contribution in [1.29, 1.82) is 0 Å². The Bertz CT molecular complexity index is 348. The fraction of sp³-hybridized carbons (Fsp3) is 0.545. The zero-order valence-electron chi connectivity index (χ0n) is 9.04. The van der Waals surface area contributed by atoms with Crippen LogP contribution in [0.25, 0.3) is 0 Å². The smallest absolute Gasteiger partial charge is 0.303 e. The lowest BCUT2D eigenvalue weighted by molar-refractivity contribution is -0.138. The summed E-state index contributed by atoms with van der Waals surface area (Å²) in [6.45, 7) is 1.74. The third-order valence-electron chi connectivity index (χ3n) is 2.96. The van der Waals surface area contributed by atoms with E-state index in [-0.39, 0.29) is 6.42 Å². The van der Waals surface area contributed by atoms with Crippen molar-refractivity contribution in [1.82, 2.24) is 10.2 Å². The molecule has 2 heterocycles. The van der Waals surface area contributed by atoms with Crippen molar-refractivity contribution in [2.45, 2.75) is 19.3 Å². The fourth-order valence-electron chi connectivity index (χ4n) is 2.08. The average molecular weight is 221 g/mol. The van der Waals surface area contributed by atoms with Crippen LogP contribution >= 0.6 is 0 Å². The number of aromatic nitrogens is 2. The molecule has 1 aromatic heterocycles. The van der Waals surface area contributed by atoms with Gasteiger partial charge in [-0.3, -0.25) is 4.79 Å². The number of piperidine rings is 1. The van der Waals surface area contributed by atoms with Crippen molar-refractivity contribution in [3.8, 4) is 0 Å². The van der Waals surface area contributed by atoms with Crippen LogP contribution in [0.2, 0.25) is 0 Å². The van der Waals surface area contributed by atoms with Gasteiger partial charge >= 0.3 is 5.97 Å². The molecule has 1 saturated heterocycles. The Morgan fingerprint density at radius 2 is 2.25 bits per heavy atom. The van der Waals surface area contributed by atoms with Gasteiger partial charge in [0.1, 0.15) is 0 Å². The van der Waals surface area contributed by atoms with Gasteiger partial charge < -0.3 is 10.0 Å². The van der Waals surface area contributed by atoms with Crippen molar-refractivity contribution in [3.63, 3.8) is 0 Å². The summed E-state index contributed by atoms with van der Waals surface area (Å²) in [7, 11) is 0. The van der Waals surface area contributed by atoms with Crippen LogP contribution in [0.5, 0.6) is 0 Å². The minimum Gasteiger partial charge on any atom is -0.481 e. The van der Waals surface area contributed by atoms with Crippen molar-refractivity contribution >= 4 is 11.8 Å². The number of carbonyl (C=O) groups is 1. The molecule has 86 valence electrons.